The van der Waals surface area contributed by atoms with Crippen molar-refractivity contribution in [1.82, 2.24) is 19.9 Å². The maximum atomic E-state index is 16.3. The maximum absolute atomic E-state index is 16.3. The fourth-order valence-electron chi connectivity index (χ4n) is 6.16. The summed E-state index contributed by atoms with van der Waals surface area (Å²) in [6.45, 7) is 7.25. The molecular weight excluding hydrogens is 509 g/mol. The normalized spacial score (nSPS) is 17.0. The fraction of sp³-hybridized carbons (Fsp3) is 0.452. The highest BCUT2D eigenvalue weighted by atomic mass is 19.1. The molecule has 9 heteroatoms. The van der Waals surface area contributed by atoms with Crippen molar-refractivity contribution in [1.29, 1.82) is 0 Å². The third-order valence-electron chi connectivity index (χ3n) is 8.62. The zero-order valence-corrected chi connectivity index (χ0v) is 23.3. The molecule has 2 saturated heterocycles. The van der Waals surface area contributed by atoms with E-state index in [2.05, 4.69) is 25.2 Å². The van der Waals surface area contributed by atoms with Crippen molar-refractivity contribution in [2.75, 3.05) is 38.7 Å². The fourth-order valence-corrected chi connectivity index (χ4v) is 6.16. The third-order valence-corrected chi connectivity index (χ3v) is 8.62. The minimum Gasteiger partial charge on any atom is -0.508 e. The summed E-state index contributed by atoms with van der Waals surface area (Å²) in [5.74, 6) is -0.0677. The number of pyridine rings is 1. The van der Waals surface area contributed by atoms with Crippen molar-refractivity contribution in [3.05, 3.63) is 48.4 Å². The second-order valence-electron chi connectivity index (χ2n) is 11.6. The lowest BCUT2D eigenvalue weighted by atomic mass is 9.95. The SMILES string of the molecule is COC(C)(C)CCNc1nc(OCC23CCCN2CCC3)nc2c(F)c(-c3cc(O)cc4ccccc34)ncc12. The van der Waals surface area contributed by atoms with Crippen LogP contribution >= 0.6 is 0 Å². The lowest BCUT2D eigenvalue weighted by molar-refractivity contribution is 0.0185. The van der Waals surface area contributed by atoms with Gasteiger partial charge in [0.25, 0.3) is 0 Å². The molecule has 0 saturated carbocycles. The first kappa shape index (κ1) is 26.7. The molecule has 4 aromatic rings. The monoisotopic (exact) mass is 545 g/mol. The average molecular weight is 546 g/mol. The molecule has 8 nitrogen and oxygen atoms in total. The average Bonchev–Trinajstić information content (AvgIpc) is 3.52. The molecule has 2 aromatic carbocycles. The molecule has 2 aromatic heterocycles. The number of nitrogens with one attached hydrogen (secondary N) is 1. The number of rotatable bonds is 9. The highest BCUT2D eigenvalue weighted by Crippen LogP contribution is 2.40. The highest BCUT2D eigenvalue weighted by Gasteiger charge is 2.45. The topological polar surface area (TPSA) is 92.6 Å². The molecule has 40 heavy (non-hydrogen) atoms. The predicted molar refractivity (Wildman–Crippen MR) is 154 cm³/mol. The number of ether oxygens (including phenoxy) is 2. The van der Waals surface area contributed by atoms with Crippen LogP contribution in [0.3, 0.4) is 0 Å². The first-order chi connectivity index (χ1) is 19.3. The van der Waals surface area contributed by atoms with Crippen molar-refractivity contribution in [2.45, 2.75) is 57.1 Å². The van der Waals surface area contributed by atoms with E-state index in [1.165, 1.54) is 6.07 Å². The first-order valence-corrected chi connectivity index (χ1v) is 14.0. The summed E-state index contributed by atoms with van der Waals surface area (Å²) >= 11 is 0. The molecule has 2 aliphatic rings. The van der Waals surface area contributed by atoms with E-state index in [1.807, 2.05) is 38.1 Å². The zero-order chi connectivity index (χ0) is 27.9. The van der Waals surface area contributed by atoms with Crippen molar-refractivity contribution >= 4 is 27.5 Å². The van der Waals surface area contributed by atoms with E-state index < -0.39 is 5.82 Å². The van der Waals surface area contributed by atoms with Gasteiger partial charge in [-0.25, -0.2) is 4.39 Å². The van der Waals surface area contributed by atoms with E-state index >= 15 is 4.39 Å². The number of phenols is 1. The van der Waals surface area contributed by atoms with Crippen molar-refractivity contribution in [3.8, 4) is 23.0 Å². The summed E-state index contributed by atoms with van der Waals surface area (Å²) in [6, 6.07) is 10.9. The standard InChI is InChI=1S/C31H36FN5O3/c1-30(2,39-3)12-13-33-28-24-18-34-26(23-17-21(38)16-20-8-4-5-9-22(20)23)25(32)27(24)35-29(36-28)40-19-31-10-6-14-37(31)15-7-11-31/h4-5,8-9,16-18,38H,6-7,10-15,19H2,1-3H3,(H,33,35,36). The summed E-state index contributed by atoms with van der Waals surface area (Å²) in [5.41, 5.74) is 0.432. The number of hydrogen-bond donors (Lipinski definition) is 2. The van der Waals surface area contributed by atoms with E-state index in [0.29, 0.717) is 36.3 Å². The summed E-state index contributed by atoms with van der Waals surface area (Å²) < 4.78 is 28.2. The van der Waals surface area contributed by atoms with E-state index in [1.54, 1.807) is 19.4 Å². The van der Waals surface area contributed by atoms with Gasteiger partial charge in [0.05, 0.1) is 16.5 Å². The Morgan fingerprint density at radius 3 is 2.65 bits per heavy atom. The Kier molecular flexibility index (Phi) is 6.96. The van der Waals surface area contributed by atoms with Gasteiger partial charge >= 0.3 is 6.01 Å². The number of aromatic nitrogens is 3. The van der Waals surface area contributed by atoms with Crippen molar-refractivity contribution < 1.29 is 19.0 Å². The lowest BCUT2D eigenvalue weighted by Gasteiger charge is -2.31. The van der Waals surface area contributed by atoms with Crippen LogP contribution in [-0.4, -0.2) is 69.4 Å². The molecule has 6 rings (SSSR count). The van der Waals surface area contributed by atoms with Crippen LogP contribution in [0.25, 0.3) is 32.9 Å². The number of fused-ring (bicyclic) bond motifs is 3. The second-order valence-corrected chi connectivity index (χ2v) is 11.6. The molecule has 0 amide bonds. The number of aromatic hydroxyl groups is 1. The Hall–Kier alpha value is -3.56. The van der Waals surface area contributed by atoms with Crippen LogP contribution in [0.4, 0.5) is 10.2 Å². The lowest BCUT2D eigenvalue weighted by Crippen LogP contribution is -2.43. The van der Waals surface area contributed by atoms with Crippen molar-refractivity contribution in [2.24, 2.45) is 0 Å². The Bertz CT molecular complexity index is 1550. The summed E-state index contributed by atoms with van der Waals surface area (Å²) in [5, 5.41) is 15.8. The molecule has 0 aliphatic carbocycles. The zero-order valence-electron chi connectivity index (χ0n) is 23.3. The second kappa shape index (κ2) is 10.4. The van der Waals surface area contributed by atoms with Crippen molar-refractivity contribution in [3.63, 3.8) is 0 Å². The number of hydrogen-bond acceptors (Lipinski definition) is 8. The molecule has 0 bridgehead atoms. The minimum absolute atomic E-state index is 0.0107. The van der Waals surface area contributed by atoms with Crippen LogP contribution < -0.4 is 10.1 Å². The van der Waals surface area contributed by atoms with Gasteiger partial charge in [-0.05, 0) is 81.9 Å². The molecule has 2 aliphatic heterocycles. The van der Waals surface area contributed by atoms with Gasteiger partial charge in [0.1, 0.15) is 29.4 Å². The largest absolute Gasteiger partial charge is 0.508 e. The first-order valence-electron chi connectivity index (χ1n) is 14.0. The molecule has 0 atom stereocenters. The van der Waals surface area contributed by atoms with Gasteiger partial charge in [0.15, 0.2) is 5.82 Å². The van der Waals surface area contributed by atoms with Crippen LogP contribution in [0.1, 0.15) is 46.0 Å². The summed E-state index contributed by atoms with van der Waals surface area (Å²) in [7, 11) is 1.69. The van der Waals surface area contributed by atoms with Crippen LogP contribution in [0.5, 0.6) is 11.8 Å². The van der Waals surface area contributed by atoms with Gasteiger partial charge in [-0.2, -0.15) is 9.97 Å². The molecule has 2 fully saturated rings. The van der Waals surface area contributed by atoms with Gasteiger partial charge in [-0.1, -0.05) is 24.3 Å². The molecule has 0 unspecified atom stereocenters. The minimum atomic E-state index is -0.581. The third kappa shape index (κ3) is 4.92. The van der Waals surface area contributed by atoms with Crippen LogP contribution in [0.15, 0.2) is 42.6 Å². The van der Waals surface area contributed by atoms with E-state index in [0.717, 1.165) is 49.5 Å². The van der Waals surface area contributed by atoms with Crippen LogP contribution in [0.2, 0.25) is 0 Å². The number of halogens is 1. The van der Waals surface area contributed by atoms with Gasteiger partial charge in [0, 0.05) is 25.4 Å². The molecule has 210 valence electrons. The van der Waals surface area contributed by atoms with E-state index in [9.17, 15) is 5.11 Å². The quantitative estimate of drug-likeness (QED) is 0.268. The van der Waals surface area contributed by atoms with Crippen LogP contribution in [0, 0.1) is 5.82 Å². The molecule has 2 N–H and O–H groups in total. The molecular formula is C31H36FN5O3. The number of anilines is 1. The van der Waals surface area contributed by atoms with E-state index in [-0.39, 0.29) is 34.1 Å². The van der Waals surface area contributed by atoms with Gasteiger partial charge in [-0.15, -0.1) is 0 Å². The Morgan fingerprint density at radius 2 is 1.88 bits per heavy atom. The number of nitrogens with zero attached hydrogens (tertiary/aromatic N) is 4. The maximum Gasteiger partial charge on any atom is 0.319 e. The summed E-state index contributed by atoms with van der Waals surface area (Å²) in [4.78, 5) is 16.3. The number of benzene rings is 2. The molecule has 0 spiro atoms. The Balaban J connectivity index is 1.41. The molecule has 4 heterocycles. The number of phenolic OH excluding ortho intramolecular Hbond substituents is 1. The van der Waals surface area contributed by atoms with Gasteiger partial charge in [0.2, 0.25) is 0 Å². The molecule has 0 radical (unpaired) electrons. The Morgan fingerprint density at radius 1 is 1.10 bits per heavy atom. The number of methoxy groups -OCH3 is 1. The van der Waals surface area contributed by atoms with Crippen LogP contribution in [-0.2, 0) is 4.74 Å². The predicted octanol–water partition coefficient (Wildman–Crippen LogP) is 5.92. The highest BCUT2D eigenvalue weighted by molar-refractivity contribution is 5.99. The van der Waals surface area contributed by atoms with Gasteiger partial charge in [-0.3, -0.25) is 9.88 Å². The van der Waals surface area contributed by atoms with Gasteiger partial charge < -0.3 is 19.9 Å². The summed E-state index contributed by atoms with van der Waals surface area (Å²) in [6.07, 6.45) is 6.80. The smallest absolute Gasteiger partial charge is 0.319 e. The Labute approximate surface area is 233 Å². The van der Waals surface area contributed by atoms with E-state index in [4.69, 9.17) is 9.47 Å².